The maximum absolute atomic E-state index is 12.2. The van der Waals surface area contributed by atoms with E-state index in [0.29, 0.717) is 31.8 Å². The van der Waals surface area contributed by atoms with Crippen molar-refractivity contribution in [1.29, 1.82) is 0 Å². The van der Waals surface area contributed by atoms with E-state index in [0.717, 1.165) is 11.1 Å². The van der Waals surface area contributed by atoms with E-state index in [1.807, 2.05) is 32.0 Å². The minimum atomic E-state index is -0.928. The van der Waals surface area contributed by atoms with Crippen LogP contribution in [0, 0.1) is 13.8 Å². The van der Waals surface area contributed by atoms with E-state index in [9.17, 15) is 9.59 Å². The number of ether oxygens (including phenoxy) is 2. The van der Waals surface area contributed by atoms with Gasteiger partial charge in [0.2, 0.25) is 0 Å². The van der Waals surface area contributed by atoms with Crippen molar-refractivity contribution in [3.63, 3.8) is 0 Å². The van der Waals surface area contributed by atoms with Crippen molar-refractivity contribution < 1.29 is 24.2 Å². The third-order valence-corrected chi connectivity index (χ3v) is 4.19. The van der Waals surface area contributed by atoms with Gasteiger partial charge in [-0.1, -0.05) is 6.07 Å². The maximum atomic E-state index is 12.2. The first-order valence-electron chi connectivity index (χ1n) is 7.71. The molecule has 0 bridgehead atoms. The lowest BCUT2D eigenvalue weighted by Gasteiger charge is -2.36. The van der Waals surface area contributed by atoms with Crippen molar-refractivity contribution in [3.05, 3.63) is 29.3 Å². The lowest BCUT2D eigenvalue weighted by atomic mass is 9.86. The number of aliphatic carboxylic acids is 1. The van der Waals surface area contributed by atoms with Gasteiger partial charge in [-0.15, -0.1) is 0 Å². The number of carboxylic acid groups (broad SMARTS) is 1. The number of benzene rings is 1. The van der Waals surface area contributed by atoms with Crippen molar-refractivity contribution in [2.75, 3.05) is 19.8 Å². The second-order valence-electron chi connectivity index (χ2n) is 6.05. The van der Waals surface area contributed by atoms with Crippen molar-refractivity contribution in [2.45, 2.75) is 38.6 Å². The number of carboxylic acids is 1. The Kier molecular flexibility index (Phi) is 5.60. The molecule has 6 heteroatoms. The Morgan fingerprint density at radius 2 is 1.96 bits per heavy atom. The van der Waals surface area contributed by atoms with Crippen LogP contribution < -0.4 is 10.1 Å². The zero-order valence-corrected chi connectivity index (χ0v) is 13.6. The summed E-state index contributed by atoms with van der Waals surface area (Å²) >= 11 is 0. The molecule has 23 heavy (non-hydrogen) atoms. The summed E-state index contributed by atoms with van der Waals surface area (Å²) in [5.74, 6) is -0.615. The summed E-state index contributed by atoms with van der Waals surface area (Å²) in [6.45, 7) is 4.75. The molecule has 0 atom stereocenters. The van der Waals surface area contributed by atoms with Crippen molar-refractivity contribution in [1.82, 2.24) is 5.32 Å². The van der Waals surface area contributed by atoms with Crippen LogP contribution in [0.1, 0.15) is 30.4 Å². The molecule has 1 heterocycles. The highest BCUT2D eigenvalue weighted by Crippen LogP contribution is 2.24. The van der Waals surface area contributed by atoms with Gasteiger partial charge in [-0.05, 0) is 49.9 Å². The van der Waals surface area contributed by atoms with E-state index >= 15 is 0 Å². The van der Waals surface area contributed by atoms with E-state index in [1.165, 1.54) is 0 Å². The first kappa shape index (κ1) is 17.3. The summed E-state index contributed by atoms with van der Waals surface area (Å²) in [7, 11) is 0. The highest BCUT2D eigenvalue weighted by Gasteiger charge is 2.36. The SMILES string of the molecule is Cc1ccc(OCC(=O)NC2(CC(=O)O)CCOCC2)cc1C. The van der Waals surface area contributed by atoms with Crippen LogP contribution in [-0.2, 0) is 14.3 Å². The predicted octanol–water partition coefficient (Wildman–Crippen LogP) is 1.82. The molecular weight excluding hydrogens is 298 g/mol. The lowest BCUT2D eigenvalue weighted by molar-refractivity contribution is -0.140. The molecule has 0 radical (unpaired) electrons. The molecule has 2 N–H and O–H groups in total. The number of nitrogens with one attached hydrogen (secondary N) is 1. The fraction of sp³-hybridized carbons (Fsp3) is 0.529. The molecule has 0 saturated carbocycles. The average Bonchev–Trinajstić information content (AvgIpc) is 2.48. The molecule has 1 aromatic rings. The highest BCUT2D eigenvalue weighted by molar-refractivity contribution is 5.79. The molecule has 1 fully saturated rings. The largest absolute Gasteiger partial charge is 0.484 e. The molecule has 0 unspecified atom stereocenters. The molecule has 1 aliphatic heterocycles. The predicted molar refractivity (Wildman–Crippen MR) is 84.6 cm³/mol. The number of amides is 1. The smallest absolute Gasteiger partial charge is 0.305 e. The lowest BCUT2D eigenvalue weighted by Crippen LogP contribution is -2.54. The van der Waals surface area contributed by atoms with Crippen LogP contribution in [0.2, 0.25) is 0 Å². The molecule has 0 spiro atoms. The Hall–Kier alpha value is -2.08. The Morgan fingerprint density at radius 3 is 2.57 bits per heavy atom. The third-order valence-electron chi connectivity index (χ3n) is 4.19. The van der Waals surface area contributed by atoms with Gasteiger partial charge in [0.05, 0.1) is 12.0 Å². The van der Waals surface area contributed by atoms with Crippen LogP contribution in [0.5, 0.6) is 5.75 Å². The molecular formula is C17H23NO5. The molecule has 2 rings (SSSR count). The van der Waals surface area contributed by atoms with Crippen molar-refractivity contribution >= 4 is 11.9 Å². The topological polar surface area (TPSA) is 84.9 Å². The zero-order valence-electron chi connectivity index (χ0n) is 13.6. The molecule has 1 aliphatic rings. The second kappa shape index (κ2) is 7.46. The number of hydrogen-bond acceptors (Lipinski definition) is 4. The number of hydrogen-bond donors (Lipinski definition) is 2. The van der Waals surface area contributed by atoms with Crippen LogP contribution in [0.25, 0.3) is 0 Å². The molecule has 1 saturated heterocycles. The van der Waals surface area contributed by atoms with E-state index in [1.54, 1.807) is 0 Å². The Balaban J connectivity index is 1.93. The van der Waals surface area contributed by atoms with Crippen LogP contribution >= 0.6 is 0 Å². The molecule has 1 amide bonds. The maximum Gasteiger partial charge on any atom is 0.305 e. The van der Waals surface area contributed by atoms with Gasteiger partial charge < -0.3 is 19.9 Å². The number of aryl methyl sites for hydroxylation is 2. The summed E-state index contributed by atoms with van der Waals surface area (Å²) in [6.07, 6.45) is 0.884. The van der Waals surface area contributed by atoms with Crippen molar-refractivity contribution in [3.8, 4) is 5.75 Å². The van der Waals surface area contributed by atoms with Crippen LogP contribution in [-0.4, -0.2) is 42.3 Å². The molecule has 1 aromatic carbocycles. The molecule has 0 aliphatic carbocycles. The summed E-state index contributed by atoms with van der Waals surface area (Å²) in [6, 6.07) is 5.63. The number of rotatable bonds is 6. The molecule has 6 nitrogen and oxygen atoms in total. The van der Waals surface area contributed by atoms with Gasteiger partial charge >= 0.3 is 5.97 Å². The van der Waals surface area contributed by atoms with Gasteiger partial charge in [-0.2, -0.15) is 0 Å². The molecule has 0 aromatic heterocycles. The summed E-state index contributed by atoms with van der Waals surface area (Å²) in [5.41, 5.74) is 1.51. The summed E-state index contributed by atoms with van der Waals surface area (Å²) in [4.78, 5) is 23.2. The Labute approximate surface area is 135 Å². The van der Waals surface area contributed by atoms with Gasteiger partial charge in [0.25, 0.3) is 5.91 Å². The van der Waals surface area contributed by atoms with E-state index in [2.05, 4.69) is 5.32 Å². The minimum Gasteiger partial charge on any atom is -0.484 e. The van der Waals surface area contributed by atoms with Crippen LogP contribution in [0.15, 0.2) is 18.2 Å². The standard InChI is InChI=1S/C17H23NO5/c1-12-3-4-14(9-13(12)2)23-11-15(19)18-17(10-16(20)21)5-7-22-8-6-17/h3-4,9H,5-8,10-11H2,1-2H3,(H,18,19)(H,20,21). The summed E-state index contributed by atoms with van der Waals surface area (Å²) in [5, 5.41) is 11.9. The quantitative estimate of drug-likeness (QED) is 0.835. The first-order valence-corrected chi connectivity index (χ1v) is 7.71. The van der Waals surface area contributed by atoms with Gasteiger partial charge in [0, 0.05) is 13.2 Å². The summed E-state index contributed by atoms with van der Waals surface area (Å²) < 4.78 is 10.8. The average molecular weight is 321 g/mol. The van der Waals surface area contributed by atoms with Gasteiger partial charge in [-0.25, -0.2) is 0 Å². The zero-order chi connectivity index (χ0) is 16.9. The van der Waals surface area contributed by atoms with Gasteiger partial charge in [0.15, 0.2) is 6.61 Å². The third kappa shape index (κ3) is 4.96. The monoisotopic (exact) mass is 321 g/mol. The number of carbonyl (C=O) groups is 2. The Morgan fingerprint density at radius 1 is 1.26 bits per heavy atom. The second-order valence-corrected chi connectivity index (χ2v) is 6.05. The van der Waals surface area contributed by atoms with Gasteiger partial charge in [0.1, 0.15) is 5.75 Å². The van der Waals surface area contributed by atoms with E-state index < -0.39 is 11.5 Å². The fourth-order valence-electron chi connectivity index (χ4n) is 2.68. The van der Waals surface area contributed by atoms with E-state index in [4.69, 9.17) is 14.6 Å². The fourth-order valence-corrected chi connectivity index (χ4v) is 2.68. The number of carbonyl (C=O) groups excluding carboxylic acids is 1. The normalized spacial score (nSPS) is 16.6. The Bertz CT molecular complexity index is 578. The first-order chi connectivity index (χ1) is 10.9. The van der Waals surface area contributed by atoms with Crippen molar-refractivity contribution in [2.24, 2.45) is 0 Å². The minimum absolute atomic E-state index is 0.105. The highest BCUT2D eigenvalue weighted by atomic mass is 16.5. The van der Waals surface area contributed by atoms with Gasteiger partial charge in [-0.3, -0.25) is 9.59 Å². The van der Waals surface area contributed by atoms with Crippen LogP contribution in [0.3, 0.4) is 0 Å². The molecule has 126 valence electrons. The van der Waals surface area contributed by atoms with E-state index in [-0.39, 0.29) is 18.9 Å². The van der Waals surface area contributed by atoms with Crippen LogP contribution in [0.4, 0.5) is 0 Å².